The fourth-order valence-electron chi connectivity index (χ4n) is 1.94. The van der Waals surface area contributed by atoms with Gasteiger partial charge < -0.3 is 14.4 Å². The van der Waals surface area contributed by atoms with E-state index in [-0.39, 0.29) is 12.1 Å². The van der Waals surface area contributed by atoms with Crippen molar-refractivity contribution in [1.29, 1.82) is 0 Å². The monoisotopic (exact) mass is 288 g/mol. The first-order valence-electron chi connectivity index (χ1n) is 6.93. The lowest BCUT2D eigenvalue weighted by Gasteiger charge is -2.40. The standard InChI is InChI=1S/C16H20N2O3/c1-5-12-8-14(10-17-9-12)20-11-13-6-7-18(13)15(19)21-16(2,3)4/h1,8-10,13H,6-7,11H2,2-4H3. The van der Waals surface area contributed by atoms with Crippen molar-refractivity contribution in [2.75, 3.05) is 13.2 Å². The minimum absolute atomic E-state index is 0.0364. The van der Waals surface area contributed by atoms with Crippen LogP contribution in [0.2, 0.25) is 0 Å². The predicted octanol–water partition coefficient (Wildman–Crippen LogP) is 2.45. The summed E-state index contributed by atoms with van der Waals surface area (Å²) in [4.78, 5) is 17.7. The molecule has 1 atom stereocenters. The van der Waals surface area contributed by atoms with Gasteiger partial charge >= 0.3 is 6.09 Å². The number of pyridine rings is 1. The number of nitrogens with zero attached hydrogens (tertiary/aromatic N) is 2. The summed E-state index contributed by atoms with van der Waals surface area (Å²) in [6.07, 6.45) is 9.14. The molecule has 1 aromatic rings. The molecule has 5 heteroatoms. The number of hydrogen-bond acceptors (Lipinski definition) is 4. The average molecular weight is 288 g/mol. The molecule has 1 fully saturated rings. The number of carbonyl (C=O) groups is 1. The van der Waals surface area contributed by atoms with Gasteiger partial charge in [0.1, 0.15) is 18.0 Å². The highest BCUT2D eigenvalue weighted by Gasteiger charge is 2.35. The summed E-state index contributed by atoms with van der Waals surface area (Å²) >= 11 is 0. The molecule has 112 valence electrons. The molecule has 0 radical (unpaired) electrons. The zero-order valence-corrected chi connectivity index (χ0v) is 12.6. The highest BCUT2D eigenvalue weighted by Crippen LogP contribution is 2.22. The fraction of sp³-hybridized carbons (Fsp3) is 0.500. The zero-order valence-electron chi connectivity index (χ0n) is 12.6. The van der Waals surface area contributed by atoms with Crippen LogP contribution >= 0.6 is 0 Å². The van der Waals surface area contributed by atoms with Crippen LogP contribution in [0.1, 0.15) is 32.8 Å². The molecule has 1 saturated heterocycles. The van der Waals surface area contributed by atoms with E-state index in [4.69, 9.17) is 15.9 Å². The first-order chi connectivity index (χ1) is 9.89. The SMILES string of the molecule is C#Cc1cncc(OCC2CCN2C(=O)OC(C)(C)C)c1. The summed E-state index contributed by atoms with van der Waals surface area (Å²) in [6, 6.07) is 1.79. The Bertz CT molecular complexity index is 557. The molecule has 0 spiro atoms. The van der Waals surface area contributed by atoms with Crippen molar-refractivity contribution in [3.05, 3.63) is 24.0 Å². The van der Waals surface area contributed by atoms with Gasteiger partial charge in [0.15, 0.2) is 0 Å². The third-order valence-corrected chi connectivity index (χ3v) is 3.09. The largest absolute Gasteiger partial charge is 0.490 e. The van der Waals surface area contributed by atoms with Gasteiger partial charge in [0.2, 0.25) is 0 Å². The number of ether oxygens (including phenoxy) is 2. The molecule has 1 aliphatic rings. The van der Waals surface area contributed by atoms with Gasteiger partial charge in [-0.1, -0.05) is 5.92 Å². The topological polar surface area (TPSA) is 51.7 Å². The van der Waals surface area contributed by atoms with E-state index in [9.17, 15) is 4.79 Å². The number of terminal acetylenes is 1. The summed E-state index contributed by atoms with van der Waals surface area (Å²) in [5.41, 5.74) is 0.188. The summed E-state index contributed by atoms with van der Waals surface area (Å²) in [5, 5.41) is 0. The summed E-state index contributed by atoms with van der Waals surface area (Å²) < 4.78 is 11.0. The molecular formula is C16H20N2O3. The van der Waals surface area contributed by atoms with Crippen LogP contribution in [-0.2, 0) is 4.74 Å². The second-order valence-electron chi connectivity index (χ2n) is 5.98. The minimum atomic E-state index is -0.483. The van der Waals surface area contributed by atoms with Crippen LogP contribution in [0.4, 0.5) is 4.79 Å². The first-order valence-corrected chi connectivity index (χ1v) is 6.93. The van der Waals surface area contributed by atoms with E-state index in [0.29, 0.717) is 24.5 Å². The van der Waals surface area contributed by atoms with Crippen LogP contribution in [0.5, 0.6) is 5.75 Å². The molecule has 5 nitrogen and oxygen atoms in total. The molecular weight excluding hydrogens is 268 g/mol. The molecule has 21 heavy (non-hydrogen) atoms. The predicted molar refractivity (Wildman–Crippen MR) is 79.0 cm³/mol. The van der Waals surface area contributed by atoms with Gasteiger partial charge in [-0.05, 0) is 33.3 Å². The average Bonchev–Trinajstić information content (AvgIpc) is 2.35. The van der Waals surface area contributed by atoms with Crippen molar-refractivity contribution in [1.82, 2.24) is 9.88 Å². The van der Waals surface area contributed by atoms with E-state index in [1.54, 1.807) is 23.4 Å². The maximum absolute atomic E-state index is 12.0. The van der Waals surface area contributed by atoms with Crippen LogP contribution in [0, 0.1) is 12.3 Å². The molecule has 0 saturated carbocycles. The van der Waals surface area contributed by atoms with E-state index in [2.05, 4.69) is 10.9 Å². The lowest BCUT2D eigenvalue weighted by molar-refractivity contribution is -0.0141. The van der Waals surface area contributed by atoms with Gasteiger partial charge in [0.25, 0.3) is 0 Å². The zero-order chi connectivity index (χ0) is 15.5. The minimum Gasteiger partial charge on any atom is -0.490 e. The van der Waals surface area contributed by atoms with Crippen LogP contribution in [-0.4, -0.2) is 40.8 Å². The molecule has 0 bridgehead atoms. The van der Waals surface area contributed by atoms with Crippen molar-refractivity contribution in [2.45, 2.75) is 38.8 Å². The normalized spacial score (nSPS) is 17.6. The highest BCUT2D eigenvalue weighted by molar-refractivity contribution is 5.69. The highest BCUT2D eigenvalue weighted by atomic mass is 16.6. The Morgan fingerprint density at radius 1 is 1.52 bits per heavy atom. The van der Waals surface area contributed by atoms with Crippen molar-refractivity contribution in [3.8, 4) is 18.1 Å². The van der Waals surface area contributed by atoms with Gasteiger partial charge in [0, 0.05) is 18.3 Å². The number of rotatable bonds is 3. The van der Waals surface area contributed by atoms with E-state index >= 15 is 0 Å². The maximum atomic E-state index is 12.0. The van der Waals surface area contributed by atoms with E-state index in [1.165, 1.54) is 0 Å². The Balaban J connectivity index is 1.86. The third-order valence-electron chi connectivity index (χ3n) is 3.09. The van der Waals surface area contributed by atoms with Crippen LogP contribution < -0.4 is 4.74 Å². The first kappa shape index (κ1) is 15.2. The number of amides is 1. The Labute approximate surface area is 125 Å². The Morgan fingerprint density at radius 2 is 2.29 bits per heavy atom. The molecule has 2 heterocycles. The number of hydrogen-bond donors (Lipinski definition) is 0. The van der Waals surface area contributed by atoms with Crippen LogP contribution in [0.15, 0.2) is 18.5 Å². The van der Waals surface area contributed by atoms with E-state index in [1.807, 2.05) is 20.8 Å². The van der Waals surface area contributed by atoms with Crippen LogP contribution in [0.3, 0.4) is 0 Å². The van der Waals surface area contributed by atoms with Crippen molar-refractivity contribution < 1.29 is 14.3 Å². The molecule has 1 aromatic heterocycles. The summed E-state index contributed by atoms with van der Waals surface area (Å²) in [7, 11) is 0. The van der Waals surface area contributed by atoms with Crippen LogP contribution in [0.25, 0.3) is 0 Å². The second-order valence-corrected chi connectivity index (χ2v) is 5.98. The Kier molecular flexibility index (Phi) is 4.37. The molecule has 2 rings (SSSR count). The van der Waals surface area contributed by atoms with Gasteiger partial charge in [-0.25, -0.2) is 4.79 Å². The molecule has 0 aromatic carbocycles. The van der Waals surface area contributed by atoms with Crippen molar-refractivity contribution >= 4 is 6.09 Å². The summed E-state index contributed by atoms with van der Waals surface area (Å²) in [6.45, 7) is 6.67. The molecule has 1 unspecified atom stereocenters. The fourth-order valence-corrected chi connectivity index (χ4v) is 1.94. The molecule has 1 aliphatic heterocycles. The smallest absolute Gasteiger partial charge is 0.410 e. The molecule has 1 amide bonds. The van der Waals surface area contributed by atoms with Gasteiger partial charge in [-0.15, -0.1) is 6.42 Å². The second kappa shape index (κ2) is 6.04. The number of aromatic nitrogens is 1. The number of carbonyl (C=O) groups excluding carboxylic acids is 1. The quantitative estimate of drug-likeness (QED) is 0.802. The van der Waals surface area contributed by atoms with Crippen molar-refractivity contribution in [3.63, 3.8) is 0 Å². The van der Waals surface area contributed by atoms with E-state index in [0.717, 1.165) is 6.42 Å². The molecule has 0 aliphatic carbocycles. The number of likely N-dealkylation sites (tertiary alicyclic amines) is 1. The third kappa shape index (κ3) is 4.12. The van der Waals surface area contributed by atoms with Gasteiger partial charge in [-0.3, -0.25) is 4.98 Å². The van der Waals surface area contributed by atoms with E-state index < -0.39 is 5.60 Å². The maximum Gasteiger partial charge on any atom is 0.410 e. The summed E-state index contributed by atoms with van der Waals surface area (Å²) in [5.74, 6) is 3.12. The molecule has 0 N–H and O–H groups in total. The lowest BCUT2D eigenvalue weighted by Crippen LogP contribution is -2.55. The lowest BCUT2D eigenvalue weighted by atomic mass is 10.1. The van der Waals surface area contributed by atoms with Gasteiger partial charge in [-0.2, -0.15) is 0 Å². The van der Waals surface area contributed by atoms with Gasteiger partial charge in [0.05, 0.1) is 12.2 Å². The Morgan fingerprint density at radius 3 is 2.86 bits per heavy atom. The van der Waals surface area contributed by atoms with Crippen molar-refractivity contribution in [2.24, 2.45) is 0 Å². The Hall–Kier alpha value is -2.22.